The number of hydrogen-bond donors (Lipinski definition) is 1. The van der Waals surface area contributed by atoms with Crippen LogP contribution in [-0.2, 0) is 13.0 Å². The van der Waals surface area contributed by atoms with Gasteiger partial charge in [0, 0.05) is 6.42 Å². The third-order valence-corrected chi connectivity index (χ3v) is 2.93. The van der Waals surface area contributed by atoms with Crippen molar-refractivity contribution in [1.82, 2.24) is 20.2 Å². The van der Waals surface area contributed by atoms with E-state index in [1.54, 1.807) is 4.68 Å². The highest BCUT2D eigenvalue weighted by Crippen LogP contribution is 2.28. The van der Waals surface area contributed by atoms with E-state index in [-0.39, 0.29) is 6.10 Å². The normalized spacial score (nSPS) is 18.1. The average molecular weight is 234 g/mol. The fourth-order valence-electron chi connectivity index (χ4n) is 1.89. The van der Waals surface area contributed by atoms with Gasteiger partial charge >= 0.3 is 0 Å². The Bertz CT molecular complexity index is 537. The summed E-state index contributed by atoms with van der Waals surface area (Å²) in [7, 11) is 0. The minimum absolute atomic E-state index is 0.103. The lowest BCUT2D eigenvalue weighted by Gasteiger charge is -2.09. The molecular formula is C10H10N4OS. The number of fused-ring (bicyclic) bond motifs is 1. The topological polar surface area (TPSA) is 55.7 Å². The Morgan fingerprint density at radius 2 is 2.38 bits per heavy atom. The molecule has 82 valence electrons. The van der Waals surface area contributed by atoms with Crippen LogP contribution in [0.1, 0.15) is 5.56 Å². The van der Waals surface area contributed by atoms with Crippen molar-refractivity contribution < 1.29 is 4.74 Å². The Kier molecular flexibility index (Phi) is 2.21. The molecular weight excluding hydrogens is 224 g/mol. The van der Waals surface area contributed by atoms with E-state index in [4.69, 9.17) is 17.0 Å². The van der Waals surface area contributed by atoms with E-state index >= 15 is 0 Å². The first-order valence-electron chi connectivity index (χ1n) is 5.05. The van der Waals surface area contributed by atoms with Crippen LogP contribution in [0.3, 0.4) is 0 Å². The van der Waals surface area contributed by atoms with Crippen molar-refractivity contribution in [3.8, 4) is 5.75 Å². The second-order valence-corrected chi connectivity index (χ2v) is 4.11. The highest BCUT2D eigenvalue weighted by atomic mass is 32.1. The van der Waals surface area contributed by atoms with E-state index in [0.717, 1.165) is 12.2 Å². The van der Waals surface area contributed by atoms with E-state index in [1.807, 2.05) is 18.2 Å². The number of benzene rings is 1. The third-order valence-electron chi connectivity index (χ3n) is 2.63. The summed E-state index contributed by atoms with van der Waals surface area (Å²) in [5, 5.41) is 10.1. The standard InChI is InChI=1S/C10H10N4OS/c16-10-11-12-13-14(10)6-8-5-7-3-1-2-4-9(7)15-8/h1-4,8H,5-6H2,(H,11,13,16). The lowest BCUT2D eigenvalue weighted by molar-refractivity contribution is 0.201. The molecule has 0 amide bonds. The lowest BCUT2D eigenvalue weighted by Crippen LogP contribution is -2.21. The number of hydrogen-bond acceptors (Lipinski definition) is 4. The summed E-state index contributed by atoms with van der Waals surface area (Å²) in [6.45, 7) is 0.653. The van der Waals surface area contributed by atoms with Gasteiger partial charge in [-0.05, 0) is 23.8 Å². The predicted octanol–water partition coefficient (Wildman–Crippen LogP) is 1.34. The average Bonchev–Trinajstić information content (AvgIpc) is 2.85. The zero-order valence-electron chi connectivity index (χ0n) is 8.46. The minimum atomic E-state index is 0.103. The Labute approximate surface area is 97.0 Å². The summed E-state index contributed by atoms with van der Waals surface area (Å²) in [4.78, 5) is 0. The molecule has 0 saturated carbocycles. The van der Waals surface area contributed by atoms with Gasteiger partial charge in [-0.1, -0.05) is 28.5 Å². The molecule has 1 aliphatic rings. The van der Waals surface area contributed by atoms with Crippen molar-refractivity contribution in [1.29, 1.82) is 0 Å². The molecule has 1 atom stereocenters. The minimum Gasteiger partial charge on any atom is -0.488 e. The molecule has 0 bridgehead atoms. The van der Waals surface area contributed by atoms with E-state index in [2.05, 4.69) is 21.6 Å². The predicted molar refractivity (Wildman–Crippen MR) is 59.8 cm³/mol. The molecule has 2 aromatic rings. The molecule has 2 heterocycles. The van der Waals surface area contributed by atoms with Gasteiger partial charge in [0.2, 0.25) is 4.77 Å². The van der Waals surface area contributed by atoms with Gasteiger partial charge in [0.1, 0.15) is 11.9 Å². The molecule has 1 N–H and O–H groups in total. The third kappa shape index (κ3) is 1.61. The van der Waals surface area contributed by atoms with Crippen molar-refractivity contribution in [2.45, 2.75) is 19.1 Å². The molecule has 0 saturated heterocycles. The van der Waals surface area contributed by atoms with Crippen molar-refractivity contribution >= 4 is 12.2 Å². The van der Waals surface area contributed by atoms with Gasteiger partial charge in [-0.25, -0.2) is 4.68 Å². The number of aromatic nitrogens is 4. The summed E-state index contributed by atoms with van der Waals surface area (Å²) >= 11 is 5.01. The van der Waals surface area contributed by atoms with Crippen LogP contribution in [0.25, 0.3) is 0 Å². The lowest BCUT2D eigenvalue weighted by atomic mass is 10.1. The summed E-state index contributed by atoms with van der Waals surface area (Å²) in [5.74, 6) is 0.964. The molecule has 5 nitrogen and oxygen atoms in total. The molecule has 16 heavy (non-hydrogen) atoms. The SMILES string of the molecule is S=c1nn[nH]n1CC1Cc2ccccc2O1. The monoisotopic (exact) mass is 234 g/mol. The van der Waals surface area contributed by atoms with Gasteiger partial charge in [-0.15, -0.1) is 0 Å². The Morgan fingerprint density at radius 3 is 3.12 bits per heavy atom. The van der Waals surface area contributed by atoms with Crippen molar-refractivity contribution in [2.24, 2.45) is 0 Å². The summed E-state index contributed by atoms with van der Waals surface area (Å²) in [5.41, 5.74) is 1.24. The van der Waals surface area contributed by atoms with E-state index in [9.17, 15) is 0 Å². The Balaban J connectivity index is 1.78. The molecule has 6 heteroatoms. The number of nitrogens with one attached hydrogen (secondary N) is 1. The summed E-state index contributed by atoms with van der Waals surface area (Å²) < 4.78 is 7.96. The second kappa shape index (κ2) is 3.71. The zero-order valence-corrected chi connectivity index (χ0v) is 9.28. The highest BCUT2D eigenvalue weighted by Gasteiger charge is 2.22. The van der Waals surface area contributed by atoms with Crippen LogP contribution in [0.5, 0.6) is 5.75 Å². The molecule has 0 fully saturated rings. The summed E-state index contributed by atoms with van der Waals surface area (Å²) in [6.07, 6.45) is 1.00. The maximum Gasteiger partial charge on any atom is 0.238 e. The van der Waals surface area contributed by atoms with Crippen LogP contribution in [0, 0.1) is 4.77 Å². The van der Waals surface area contributed by atoms with Crippen LogP contribution >= 0.6 is 12.2 Å². The largest absolute Gasteiger partial charge is 0.488 e. The van der Waals surface area contributed by atoms with Gasteiger partial charge in [0.15, 0.2) is 0 Å². The van der Waals surface area contributed by atoms with Gasteiger partial charge in [0.05, 0.1) is 6.54 Å². The second-order valence-electron chi connectivity index (χ2n) is 3.74. The van der Waals surface area contributed by atoms with Crippen LogP contribution in [0.4, 0.5) is 0 Å². The molecule has 3 rings (SSSR count). The number of H-pyrrole nitrogens is 1. The highest BCUT2D eigenvalue weighted by molar-refractivity contribution is 7.71. The molecule has 0 radical (unpaired) electrons. The number of aromatic amines is 1. The van der Waals surface area contributed by atoms with Crippen molar-refractivity contribution in [3.63, 3.8) is 0 Å². The number of rotatable bonds is 2. The van der Waals surface area contributed by atoms with Crippen LogP contribution in [0.2, 0.25) is 0 Å². The molecule has 1 aliphatic heterocycles. The number of nitrogens with zero attached hydrogens (tertiary/aromatic N) is 3. The van der Waals surface area contributed by atoms with E-state index in [0.29, 0.717) is 11.3 Å². The number of ether oxygens (including phenoxy) is 1. The smallest absolute Gasteiger partial charge is 0.238 e. The maximum absolute atomic E-state index is 5.79. The van der Waals surface area contributed by atoms with Gasteiger partial charge in [-0.3, -0.25) is 0 Å². The molecule has 1 unspecified atom stereocenters. The van der Waals surface area contributed by atoms with Crippen molar-refractivity contribution in [3.05, 3.63) is 34.6 Å². The van der Waals surface area contributed by atoms with Crippen LogP contribution in [0.15, 0.2) is 24.3 Å². The fourth-order valence-corrected chi connectivity index (χ4v) is 2.05. The fraction of sp³-hybridized carbons (Fsp3) is 0.300. The molecule has 0 spiro atoms. The van der Waals surface area contributed by atoms with E-state index in [1.165, 1.54) is 5.56 Å². The maximum atomic E-state index is 5.79. The first kappa shape index (κ1) is 9.53. The first-order valence-corrected chi connectivity index (χ1v) is 5.46. The molecule has 1 aromatic carbocycles. The Morgan fingerprint density at radius 1 is 1.50 bits per heavy atom. The summed E-state index contributed by atoms with van der Waals surface area (Å²) in [6, 6.07) is 8.07. The van der Waals surface area contributed by atoms with E-state index < -0.39 is 0 Å². The van der Waals surface area contributed by atoms with Crippen LogP contribution < -0.4 is 4.74 Å². The van der Waals surface area contributed by atoms with Crippen LogP contribution in [-0.4, -0.2) is 26.3 Å². The van der Waals surface area contributed by atoms with Gasteiger partial charge < -0.3 is 4.74 Å². The van der Waals surface area contributed by atoms with Gasteiger partial charge in [0.25, 0.3) is 0 Å². The zero-order chi connectivity index (χ0) is 11.0. The molecule has 1 aromatic heterocycles. The number of para-hydroxylation sites is 1. The Hall–Kier alpha value is -1.69. The first-order chi connectivity index (χ1) is 7.83. The van der Waals surface area contributed by atoms with Crippen molar-refractivity contribution in [2.75, 3.05) is 0 Å². The molecule has 0 aliphatic carbocycles. The van der Waals surface area contributed by atoms with Gasteiger partial charge in [-0.2, -0.15) is 5.21 Å². The number of tetrazole rings is 1. The quantitative estimate of drug-likeness (QED) is 0.797.